The molecule has 0 heterocycles. The summed E-state index contributed by atoms with van der Waals surface area (Å²) < 4.78 is 0. The molecule has 0 bridgehead atoms. The minimum atomic E-state index is -0.0867. The third kappa shape index (κ3) is 2.65. The van der Waals surface area contributed by atoms with Crippen LogP contribution in [0, 0.1) is 62.6 Å². The SMILES string of the molecule is CC(C)[C@@H]1CC[C@]2(C)CC[C@]3(C)[C@H](CC[C@@H]4[C@]5(C)C(=O)CCC(C)(C)[C@@H]5CC[C@]43C)[C@@H]12. The van der Waals surface area contributed by atoms with Crippen molar-refractivity contribution in [3.63, 3.8) is 0 Å². The minimum absolute atomic E-state index is 0.0867. The number of hydrogen-bond donors (Lipinski definition) is 0. The molecule has 0 aromatic rings. The molecule has 1 heteroatoms. The van der Waals surface area contributed by atoms with Crippen molar-refractivity contribution in [1.29, 1.82) is 0 Å². The summed E-state index contributed by atoms with van der Waals surface area (Å²) in [5.74, 6) is 5.31. The Morgan fingerprint density at radius 1 is 0.742 bits per heavy atom. The molecule has 5 rings (SSSR count). The predicted octanol–water partition coefficient (Wildman–Crippen LogP) is 8.31. The maximum absolute atomic E-state index is 13.7. The van der Waals surface area contributed by atoms with Crippen LogP contribution in [0.25, 0.3) is 0 Å². The van der Waals surface area contributed by atoms with Gasteiger partial charge in [-0.25, -0.2) is 0 Å². The fourth-order valence-electron chi connectivity index (χ4n) is 11.5. The van der Waals surface area contributed by atoms with Crippen LogP contribution in [-0.2, 0) is 4.79 Å². The van der Waals surface area contributed by atoms with E-state index < -0.39 is 0 Å². The Kier molecular flexibility index (Phi) is 4.80. The normalized spacial score (nSPS) is 55.9. The van der Waals surface area contributed by atoms with Gasteiger partial charge in [0.15, 0.2) is 0 Å². The lowest BCUT2D eigenvalue weighted by molar-refractivity contribution is -0.231. The third-order valence-corrected chi connectivity index (χ3v) is 13.4. The largest absolute Gasteiger partial charge is 0.299 e. The highest BCUT2D eigenvalue weighted by molar-refractivity contribution is 5.86. The van der Waals surface area contributed by atoms with E-state index in [9.17, 15) is 4.79 Å². The van der Waals surface area contributed by atoms with E-state index in [1.54, 1.807) is 0 Å². The fourth-order valence-corrected chi connectivity index (χ4v) is 11.5. The number of Topliss-reactive ketones (excluding diaryl/α,β-unsaturated/α-hetero) is 1. The van der Waals surface area contributed by atoms with Crippen LogP contribution in [0.1, 0.15) is 120 Å². The number of carbonyl (C=O) groups excluding carboxylic acids is 1. The van der Waals surface area contributed by atoms with Crippen molar-refractivity contribution in [1.82, 2.24) is 0 Å². The monoisotopic (exact) mass is 426 g/mol. The fraction of sp³-hybridized carbons (Fsp3) is 0.967. The second kappa shape index (κ2) is 6.63. The standard InChI is InChI=1S/C30H50O/c1-19(2)20-11-15-27(5)17-18-28(6)21(25(20)27)9-10-23-29(28,7)16-12-22-26(3,4)14-13-24(31)30(22,23)8/h19-23,25H,9-18H2,1-8H3/t20-,21+,22-,23-,25+,27+,28+,29+,30+/m0/s1. The molecule has 0 unspecified atom stereocenters. The summed E-state index contributed by atoms with van der Waals surface area (Å²) in [6.45, 7) is 20.4. The Morgan fingerprint density at radius 2 is 1.45 bits per heavy atom. The van der Waals surface area contributed by atoms with Crippen molar-refractivity contribution >= 4 is 5.78 Å². The summed E-state index contributed by atoms with van der Waals surface area (Å²) >= 11 is 0. The lowest BCUT2D eigenvalue weighted by Crippen LogP contribution is -2.67. The zero-order chi connectivity index (χ0) is 22.6. The molecular formula is C30H50O. The van der Waals surface area contributed by atoms with Crippen molar-refractivity contribution in [2.75, 3.05) is 0 Å². The van der Waals surface area contributed by atoms with Gasteiger partial charge in [-0.3, -0.25) is 4.79 Å². The molecule has 0 aromatic heterocycles. The molecule has 0 N–H and O–H groups in total. The van der Waals surface area contributed by atoms with Crippen molar-refractivity contribution in [3.8, 4) is 0 Å². The zero-order valence-electron chi connectivity index (χ0n) is 21.9. The second-order valence-electron chi connectivity index (χ2n) is 15.0. The Bertz CT molecular complexity index is 764. The van der Waals surface area contributed by atoms with Crippen LogP contribution < -0.4 is 0 Å². The second-order valence-corrected chi connectivity index (χ2v) is 15.0. The van der Waals surface area contributed by atoms with Gasteiger partial charge in [-0.15, -0.1) is 0 Å². The molecule has 0 saturated heterocycles. The number of ketones is 1. The maximum atomic E-state index is 13.7. The van der Waals surface area contributed by atoms with E-state index in [0.29, 0.717) is 39.3 Å². The van der Waals surface area contributed by atoms with E-state index in [1.165, 1.54) is 51.4 Å². The van der Waals surface area contributed by atoms with Gasteiger partial charge in [-0.2, -0.15) is 0 Å². The quantitative estimate of drug-likeness (QED) is 0.412. The smallest absolute Gasteiger partial charge is 0.139 e. The van der Waals surface area contributed by atoms with Crippen LogP contribution in [0.15, 0.2) is 0 Å². The molecule has 5 aliphatic carbocycles. The summed E-state index contributed by atoms with van der Waals surface area (Å²) in [5.41, 5.74) is 1.55. The Hall–Kier alpha value is -0.330. The Balaban J connectivity index is 1.57. The molecular weight excluding hydrogens is 376 g/mol. The molecule has 9 atom stereocenters. The molecule has 5 fully saturated rings. The Labute approximate surface area is 192 Å². The first-order valence-corrected chi connectivity index (χ1v) is 13.8. The van der Waals surface area contributed by atoms with Crippen molar-refractivity contribution in [2.45, 2.75) is 120 Å². The van der Waals surface area contributed by atoms with Crippen LogP contribution in [0.2, 0.25) is 0 Å². The highest BCUT2D eigenvalue weighted by Crippen LogP contribution is 2.77. The van der Waals surface area contributed by atoms with Gasteiger partial charge in [-0.05, 0) is 115 Å². The summed E-state index contributed by atoms with van der Waals surface area (Å²) in [4.78, 5) is 13.7. The molecule has 0 spiro atoms. The van der Waals surface area contributed by atoms with Crippen LogP contribution in [0.5, 0.6) is 0 Å². The molecule has 5 saturated carbocycles. The number of fused-ring (bicyclic) bond motifs is 7. The van der Waals surface area contributed by atoms with E-state index in [0.717, 1.165) is 36.5 Å². The average Bonchev–Trinajstić information content (AvgIpc) is 3.04. The van der Waals surface area contributed by atoms with Crippen LogP contribution in [0.4, 0.5) is 0 Å². The van der Waals surface area contributed by atoms with Gasteiger partial charge >= 0.3 is 0 Å². The van der Waals surface area contributed by atoms with Crippen LogP contribution in [-0.4, -0.2) is 5.78 Å². The van der Waals surface area contributed by atoms with Crippen molar-refractivity contribution < 1.29 is 4.79 Å². The van der Waals surface area contributed by atoms with E-state index in [4.69, 9.17) is 0 Å². The highest BCUT2D eigenvalue weighted by atomic mass is 16.1. The van der Waals surface area contributed by atoms with Gasteiger partial charge in [0.2, 0.25) is 0 Å². The van der Waals surface area contributed by atoms with Crippen molar-refractivity contribution in [2.24, 2.45) is 62.6 Å². The number of hydrogen-bond acceptors (Lipinski definition) is 1. The van der Waals surface area contributed by atoms with Gasteiger partial charge in [0, 0.05) is 11.8 Å². The summed E-state index contributed by atoms with van der Waals surface area (Å²) in [6, 6.07) is 0. The Morgan fingerprint density at radius 3 is 2.13 bits per heavy atom. The predicted molar refractivity (Wildman–Crippen MR) is 130 cm³/mol. The molecule has 0 aromatic carbocycles. The van der Waals surface area contributed by atoms with Gasteiger partial charge < -0.3 is 0 Å². The first kappa shape index (κ1) is 22.5. The number of carbonyl (C=O) groups is 1. The molecule has 176 valence electrons. The molecule has 0 aliphatic heterocycles. The van der Waals surface area contributed by atoms with Gasteiger partial charge in [-0.1, -0.05) is 55.4 Å². The molecule has 0 amide bonds. The third-order valence-electron chi connectivity index (χ3n) is 13.4. The number of rotatable bonds is 1. The zero-order valence-corrected chi connectivity index (χ0v) is 21.9. The first-order valence-electron chi connectivity index (χ1n) is 13.8. The first-order chi connectivity index (χ1) is 14.3. The minimum Gasteiger partial charge on any atom is -0.299 e. The molecule has 0 radical (unpaired) electrons. The van der Waals surface area contributed by atoms with E-state index >= 15 is 0 Å². The summed E-state index contributed by atoms with van der Waals surface area (Å²) in [7, 11) is 0. The molecule has 1 nitrogen and oxygen atoms in total. The highest BCUT2D eigenvalue weighted by Gasteiger charge is 2.71. The van der Waals surface area contributed by atoms with Gasteiger partial charge in [0.05, 0.1) is 0 Å². The van der Waals surface area contributed by atoms with Gasteiger partial charge in [0.1, 0.15) is 5.78 Å². The lowest BCUT2D eigenvalue weighted by atomic mass is 9.32. The van der Waals surface area contributed by atoms with Gasteiger partial charge in [0.25, 0.3) is 0 Å². The topological polar surface area (TPSA) is 17.1 Å². The molecule has 31 heavy (non-hydrogen) atoms. The summed E-state index contributed by atoms with van der Waals surface area (Å²) in [5, 5.41) is 0. The summed E-state index contributed by atoms with van der Waals surface area (Å²) in [6.07, 6.45) is 13.0. The van der Waals surface area contributed by atoms with Crippen LogP contribution in [0.3, 0.4) is 0 Å². The van der Waals surface area contributed by atoms with E-state index in [1.807, 2.05) is 0 Å². The van der Waals surface area contributed by atoms with Crippen molar-refractivity contribution in [3.05, 3.63) is 0 Å². The van der Waals surface area contributed by atoms with E-state index in [2.05, 4.69) is 55.4 Å². The van der Waals surface area contributed by atoms with E-state index in [-0.39, 0.29) is 5.41 Å². The average molecular weight is 427 g/mol. The lowest BCUT2D eigenvalue weighted by Gasteiger charge is -2.72. The maximum Gasteiger partial charge on any atom is 0.139 e. The molecule has 5 aliphatic rings. The van der Waals surface area contributed by atoms with Crippen LogP contribution >= 0.6 is 0 Å².